The fourth-order valence-electron chi connectivity index (χ4n) is 5.64. The van der Waals surface area contributed by atoms with E-state index in [1.807, 2.05) is 31.2 Å². The van der Waals surface area contributed by atoms with Gasteiger partial charge in [0.2, 0.25) is 0 Å². The zero-order valence-electron chi connectivity index (χ0n) is 22.9. The van der Waals surface area contributed by atoms with Gasteiger partial charge in [-0.25, -0.2) is 13.8 Å². The molecule has 0 radical (unpaired) electrons. The lowest BCUT2D eigenvalue weighted by molar-refractivity contribution is -0.0300. The molecule has 2 atom stereocenters. The second kappa shape index (κ2) is 11.2. The lowest BCUT2D eigenvalue weighted by Crippen LogP contribution is -2.49. The number of piperidine rings is 1. The molecular formula is C30H30ClF2N5O4. The molecule has 220 valence electrons. The molecule has 4 heterocycles. The molecule has 2 aromatic carbocycles. The van der Waals surface area contributed by atoms with Gasteiger partial charge in [0.1, 0.15) is 11.5 Å². The molecule has 2 aliphatic rings. The molecule has 0 unspecified atom stereocenters. The van der Waals surface area contributed by atoms with Gasteiger partial charge >= 0.3 is 0 Å². The van der Waals surface area contributed by atoms with Gasteiger partial charge in [-0.15, -0.1) is 0 Å². The summed E-state index contributed by atoms with van der Waals surface area (Å²) in [5.41, 5.74) is 0.217. The summed E-state index contributed by atoms with van der Waals surface area (Å²) in [5, 5.41) is 15.4. The third-order valence-electron chi connectivity index (χ3n) is 8.12. The molecule has 2 aliphatic heterocycles. The van der Waals surface area contributed by atoms with Crippen molar-refractivity contribution in [1.82, 2.24) is 24.3 Å². The van der Waals surface area contributed by atoms with E-state index in [1.54, 1.807) is 10.6 Å². The average Bonchev–Trinajstić information content (AvgIpc) is 3.33. The van der Waals surface area contributed by atoms with E-state index in [-0.39, 0.29) is 55.7 Å². The standard InChI is InChI=1S/C30H30ClF2N5O4/c1-18-14-34-24(15-42-18)19-5-7-20(8-6-19)38-25(31)13-22-27(38)35-17-37(29(22)40)16-30(41)9-11-36(12-10-30)28(39)21-3-2-4-23(32)26(21)33/h2-8,13,17-18,24,34,41H,9-12,14-16H2,1H3/t18-,24-/m0/s1. The Balaban J connectivity index is 1.18. The highest BCUT2D eigenvalue weighted by Gasteiger charge is 2.36. The normalized spacial score (nSPS) is 20.6. The minimum Gasteiger partial charge on any atom is -0.388 e. The van der Waals surface area contributed by atoms with Gasteiger partial charge in [-0.3, -0.25) is 18.7 Å². The molecule has 9 nitrogen and oxygen atoms in total. The van der Waals surface area contributed by atoms with Gasteiger partial charge in [0.15, 0.2) is 17.3 Å². The zero-order valence-corrected chi connectivity index (χ0v) is 23.7. The molecule has 2 fully saturated rings. The van der Waals surface area contributed by atoms with Crippen molar-refractivity contribution in [3.63, 3.8) is 0 Å². The average molecular weight is 598 g/mol. The van der Waals surface area contributed by atoms with Crippen molar-refractivity contribution in [2.24, 2.45) is 0 Å². The summed E-state index contributed by atoms with van der Waals surface area (Å²) in [4.78, 5) is 32.1. The van der Waals surface area contributed by atoms with Crippen molar-refractivity contribution in [3.8, 4) is 5.69 Å². The molecule has 6 rings (SSSR count). The van der Waals surface area contributed by atoms with Crippen LogP contribution in [0, 0.1) is 11.6 Å². The van der Waals surface area contributed by atoms with Crippen LogP contribution in [0.15, 0.2) is 59.7 Å². The fraction of sp³-hybridized carbons (Fsp3) is 0.367. The molecule has 0 saturated carbocycles. The number of nitrogens with one attached hydrogen (secondary N) is 1. The van der Waals surface area contributed by atoms with E-state index >= 15 is 0 Å². The first kappa shape index (κ1) is 28.5. The number of carbonyl (C=O) groups is 1. The van der Waals surface area contributed by atoms with Crippen LogP contribution >= 0.6 is 11.6 Å². The first-order valence-corrected chi connectivity index (χ1v) is 14.2. The first-order valence-electron chi connectivity index (χ1n) is 13.8. The van der Waals surface area contributed by atoms with Crippen molar-refractivity contribution < 1.29 is 23.4 Å². The summed E-state index contributed by atoms with van der Waals surface area (Å²) in [5.74, 6) is -2.93. The van der Waals surface area contributed by atoms with Gasteiger partial charge in [-0.1, -0.05) is 29.8 Å². The van der Waals surface area contributed by atoms with Gasteiger partial charge in [-0.05, 0) is 55.7 Å². The number of aliphatic hydroxyl groups is 1. The Morgan fingerprint density at radius 1 is 1.19 bits per heavy atom. The molecule has 2 aromatic heterocycles. The SMILES string of the molecule is C[C@H]1CN[C@H](c2ccc(-n3c(Cl)cc4c(=O)n(CC5(O)CCN(C(=O)c6cccc(F)c6F)CC5)cnc43)cc2)CO1. The maximum Gasteiger partial charge on any atom is 0.262 e. The molecule has 42 heavy (non-hydrogen) atoms. The number of carbonyl (C=O) groups excluding carboxylic acids is 1. The van der Waals surface area contributed by atoms with Crippen LogP contribution in [-0.2, 0) is 11.3 Å². The number of halogens is 3. The van der Waals surface area contributed by atoms with Crippen LogP contribution in [0.4, 0.5) is 8.78 Å². The molecule has 1 amide bonds. The number of ether oxygens (including phenoxy) is 1. The Labute approximate surface area is 245 Å². The predicted molar refractivity (Wildman–Crippen MR) is 153 cm³/mol. The number of fused-ring (bicyclic) bond motifs is 1. The van der Waals surface area contributed by atoms with Gasteiger partial charge in [0, 0.05) is 25.3 Å². The number of amides is 1. The summed E-state index contributed by atoms with van der Waals surface area (Å²) in [6, 6.07) is 12.9. The zero-order chi connectivity index (χ0) is 29.6. The molecule has 2 N–H and O–H groups in total. The van der Waals surface area contributed by atoms with E-state index in [9.17, 15) is 23.5 Å². The third-order valence-corrected chi connectivity index (χ3v) is 8.40. The molecule has 0 aliphatic carbocycles. The Kier molecular flexibility index (Phi) is 7.61. The molecule has 0 bridgehead atoms. The topological polar surface area (TPSA) is 102 Å². The van der Waals surface area contributed by atoms with Crippen molar-refractivity contribution in [3.05, 3.63) is 93.1 Å². The van der Waals surface area contributed by atoms with E-state index in [0.717, 1.165) is 23.9 Å². The third kappa shape index (κ3) is 5.33. The highest BCUT2D eigenvalue weighted by Crippen LogP contribution is 2.28. The van der Waals surface area contributed by atoms with Gasteiger partial charge in [0.05, 0.1) is 41.8 Å². The number of rotatable bonds is 5. The monoisotopic (exact) mass is 597 g/mol. The van der Waals surface area contributed by atoms with Crippen LogP contribution in [0.1, 0.15) is 41.7 Å². The van der Waals surface area contributed by atoms with Crippen molar-refractivity contribution in [1.29, 1.82) is 0 Å². The second-order valence-corrected chi connectivity index (χ2v) is 11.4. The maximum absolute atomic E-state index is 14.1. The molecule has 2 saturated heterocycles. The number of nitrogens with zero attached hydrogens (tertiary/aromatic N) is 4. The van der Waals surface area contributed by atoms with E-state index in [0.29, 0.717) is 22.8 Å². The van der Waals surface area contributed by atoms with E-state index < -0.39 is 23.1 Å². The summed E-state index contributed by atoms with van der Waals surface area (Å²) in [7, 11) is 0. The first-order chi connectivity index (χ1) is 20.1. The molecule has 4 aromatic rings. The van der Waals surface area contributed by atoms with Gasteiger partial charge in [-0.2, -0.15) is 0 Å². The predicted octanol–water partition coefficient (Wildman–Crippen LogP) is 3.84. The quantitative estimate of drug-likeness (QED) is 0.363. The van der Waals surface area contributed by atoms with E-state index in [2.05, 4.69) is 10.3 Å². The second-order valence-electron chi connectivity index (χ2n) is 11.0. The molecule has 0 spiro atoms. The fourth-order valence-corrected chi connectivity index (χ4v) is 5.93. The van der Waals surface area contributed by atoms with Gasteiger partial charge in [0.25, 0.3) is 11.5 Å². The van der Waals surface area contributed by atoms with Crippen LogP contribution in [0.2, 0.25) is 5.15 Å². The Morgan fingerprint density at radius 3 is 2.62 bits per heavy atom. The summed E-state index contributed by atoms with van der Waals surface area (Å²) >= 11 is 6.57. The Hall–Kier alpha value is -3.64. The maximum atomic E-state index is 14.1. The molecule has 12 heteroatoms. The summed E-state index contributed by atoms with van der Waals surface area (Å²) < 4.78 is 36.5. The van der Waals surface area contributed by atoms with Crippen LogP contribution in [0.5, 0.6) is 0 Å². The number of morpholine rings is 1. The Morgan fingerprint density at radius 2 is 1.93 bits per heavy atom. The van der Waals surface area contributed by atoms with E-state index in [1.165, 1.54) is 27.9 Å². The highest BCUT2D eigenvalue weighted by atomic mass is 35.5. The van der Waals surface area contributed by atoms with Crippen molar-refractivity contribution in [2.75, 3.05) is 26.2 Å². The van der Waals surface area contributed by atoms with Crippen LogP contribution in [0.25, 0.3) is 16.7 Å². The lowest BCUT2D eigenvalue weighted by atomic mass is 9.91. The number of hydrogen-bond donors (Lipinski definition) is 2. The Bertz CT molecular complexity index is 1690. The molecular weight excluding hydrogens is 568 g/mol. The lowest BCUT2D eigenvalue weighted by Gasteiger charge is -2.38. The highest BCUT2D eigenvalue weighted by molar-refractivity contribution is 6.31. The minimum atomic E-state index is -1.30. The van der Waals surface area contributed by atoms with Crippen LogP contribution in [-0.4, -0.2) is 68.0 Å². The smallest absolute Gasteiger partial charge is 0.262 e. The summed E-state index contributed by atoms with van der Waals surface area (Å²) in [6.45, 7) is 3.58. The number of aromatic nitrogens is 3. The minimum absolute atomic E-state index is 0.0439. The number of hydrogen-bond acceptors (Lipinski definition) is 6. The largest absolute Gasteiger partial charge is 0.388 e. The van der Waals surface area contributed by atoms with Gasteiger partial charge < -0.3 is 20.1 Å². The van der Waals surface area contributed by atoms with Crippen LogP contribution in [0.3, 0.4) is 0 Å². The number of benzene rings is 2. The summed E-state index contributed by atoms with van der Waals surface area (Å²) in [6.07, 6.45) is 1.85. The van der Waals surface area contributed by atoms with Crippen molar-refractivity contribution >= 4 is 28.5 Å². The number of likely N-dealkylation sites (tertiary alicyclic amines) is 1. The van der Waals surface area contributed by atoms with Crippen molar-refractivity contribution in [2.45, 2.75) is 44.1 Å². The van der Waals surface area contributed by atoms with E-state index in [4.69, 9.17) is 16.3 Å². The van der Waals surface area contributed by atoms with Crippen LogP contribution < -0.4 is 10.9 Å².